The van der Waals surface area contributed by atoms with Gasteiger partial charge in [0.15, 0.2) is 22.6 Å². The number of nitrogens with zero attached hydrogens (tertiary/aromatic N) is 6. The summed E-state index contributed by atoms with van der Waals surface area (Å²) < 4.78 is 28.5. The van der Waals surface area contributed by atoms with Crippen molar-refractivity contribution in [3.8, 4) is 11.4 Å². The second-order valence-corrected chi connectivity index (χ2v) is 9.12. The number of halogens is 2. The van der Waals surface area contributed by atoms with Crippen molar-refractivity contribution in [1.82, 2.24) is 29.6 Å². The van der Waals surface area contributed by atoms with E-state index < -0.39 is 11.6 Å². The van der Waals surface area contributed by atoms with E-state index in [1.807, 2.05) is 30.1 Å². The molecule has 5 rings (SSSR count). The fraction of sp³-hybridized carbons (Fsp3) is 0.429. The molecular weight excluding hydrogens is 406 g/mol. The van der Waals surface area contributed by atoms with Gasteiger partial charge in [-0.3, -0.25) is 0 Å². The van der Waals surface area contributed by atoms with Crippen molar-refractivity contribution in [2.45, 2.75) is 23.4 Å². The molecule has 1 aromatic carbocycles. The number of aromatic nitrogens is 5. The Morgan fingerprint density at radius 2 is 2.00 bits per heavy atom. The van der Waals surface area contributed by atoms with Gasteiger partial charge in [-0.1, -0.05) is 11.8 Å². The van der Waals surface area contributed by atoms with Crippen molar-refractivity contribution < 1.29 is 8.78 Å². The number of benzene rings is 1. The summed E-state index contributed by atoms with van der Waals surface area (Å²) in [7, 11) is 1.84. The SMILES string of the molecule is Cn1c(SCCCN2C[C@@H]3C[C@]3(c3ncccn3)C2)nnc1-c1ccc(F)c(F)c1. The monoisotopic (exact) mass is 428 g/mol. The van der Waals surface area contributed by atoms with Gasteiger partial charge in [-0.05, 0) is 49.6 Å². The molecule has 2 atom stereocenters. The number of fused-ring (bicyclic) bond motifs is 1. The third kappa shape index (κ3) is 3.50. The van der Waals surface area contributed by atoms with Crippen LogP contribution in [0.3, 0.4) is 0 Å². The second-order valence-electron chi connectivity index (χ2n) is 8.06. The van der Waals surface area contributed by atoms with Crippen LogP contribution in [0.15, 0.2) is 41.8 Å². The zero-order chi connectivity index (χ0) is 20.7. The number of rotatable bonds is 7. The predicted molar refractivity (Wildman–Crippen MR) is 110 cm³/mol. The highest BCUT2D eigenvalue weighted by Gasteiger charge is 2.62. The Morgan fingerprint density at radius 3 is 2.80 bits per heavy atom. The number of hydrogen-bond donors (Lipinski definition) is 0. The predicted octanol–water partition coefficient (Wildman–Crippen LogP) is 3.31. The highest BCUT2D eigenvalue weighted by molar-refractivity contribution is 7.99. The first-order valence-electron chi connectivity index (χ1n) is 10.0. The van der Waals surface area contributed by atoms with Gasteiger partial charge in [-0.15, -0.1) is 10.2 Å². The minimum atomic E-state index is -0.882. The summed E-state index contributed by atoms with van der Waals surface area (Å²) in [6, 6.07) is 5.65. The molecule has 0 radical (unpaired) electrons. The van der Waals surface area contributed by atoms with Gasteiger partial charge in [0.1, 0.15) is 5.82 Å². The van der Waals surface area contributed by atoms with Gasteiger partial charge in [0, 0.05) is 49.3 Å². The van der Waals surface area contributed by atoms with Crippen molar-refractivity contribution in [3.05, 3.63) is 54.1 Å². The van der Waals surface area contributed by atoms with E-state index in [0.717, 1.165) is 54.9 Å². The normalized spacial score (nSPS) is 23.0. The number of likely N-dealkylation sites (tertiary alicyclic amines) is 1. The van der Waals surface area contributed by atoms with Gasteiger partial charge < -0.3 is 9.47 Å². The molecule has 3 heterocycles. The molecule has 6 nitrogen and oxygen atoms in total. The van der Waals surface area contributed by atoms with Crippen molar-refractivity contribution in [1.29, 1.82) is 0 Å². The molecule has 30 heavy (non-hydrogen) atoms. The Balaban J connectivity index is 1.13. The Morgan fingerprint density at radius 1 is 1.17 bits per heavy atom. The molecule has 0 N–H and O–H groups in total. The van der Waals surface area contributed by atoms with Crippen molar-refractivity contribution in [2.75, 3.05) is 25.4 Å². The maximum Gasteiger partial charge on any atom is 0.191 e. The van der Waals surface area contributed by atoms with Crippen molar-refractivity contribution in [2.24, 2.45) is 13.0 Å². The van der Waals surface area contributed by atoms with E-state index in [1.54, 1.807) is 11.8 Å². The Kier molecular flexibility index (Phi) is 5.02. The highest BCUT2D eigenvalue weighted by atomic mass is 32.2. The fourth-order valence-electron chi connectivity index (χ4n) is 4.44. The van der Waals surface area contributed by atoms with E-state index in [0.29, 0.717) is 17.3 Å². The van der Waals surface area contributed by atoms with Crippen LogP contribution in [0.2, 0.25) is 0 Å². The Labute approximate surface area is 177 Å². The van der Waals surface area contributed by atoms with Crippen LogP contribution in [0.1, 0.15) is 18.7 Å². The molecule has 1 saturated carbocycles. The summed E-state index contributed by atoms with van der Waals surface area (Å²) in [5, 5.41) is 9.13. The summed E-state index contributed by atoms with van der Waals surface area (Å²) >= 11 is 1.63. The molecule has 9 heteroatoms. The van der Waals surface area contributed by atoms with Crippen LogP contribution in [0.25, 0.3) is 11.4 Å². The van der Waals surface area contributed by atoms with E-state index in [-0.39, 0.29) is 5.41 Å². The molecule has 2 aliphatic rings. The largest absolute Gasteiger partial charge is 0.305 e. The van der Waals surface area contributed by atoms with E-state index in [2.05, 4.69) is 25.1 Å². The first-order chi connectivity index (χ1) is 14.6. The van der Waals surface area contributed by atoms with Gasteiger partial charge in [0.2, 0.25) is 0 Å². The highest BCUT2D eigenvalue weighted by Crippen LogP contribution is 2.57. The summed E-state index contributed by atoms with van der Waals surface area (Å²) in [5.74, 6) is 1.38. The number of thioether (sulfide) groups is 1. The minimum absolute atomic E-state index is 0.178. The number of piperidine rings is 1. The zero-order valence-corrected chi connectivity index (χ0v) is 17.4. The van der Waals surface area contributed by atoms with Crippen LogP contribution in [-0.2, 0) is 12.5 Å². The number of hydrogen-bond acceptors (Lipinski definition) is 6. The smallest absolute Gasteiger partial charge is 0.191 e. The maximum absolute atomic E-state index is 13.5. The summed E-state index contributed by atoms with van der Waals surface area (Å²) in [5.41, 5.74) is 0.692. The summed E-state index contributed by atoms with van der Waals surface area (Å²) in [6.07, 6.45) is 5.91. The molecule has 0 spiro atoms. The average Bonchev–Trinajstić information content (AvgIpc) is 3.14. The van der Waals surface area contributed by atoms with Crippen LogP contribution in [0.5, 0.6) is 0 Å². The van der Waals surface area contributed by atoms with Crippen LogP contribution in [0.4, 0.5) is 8.78 Å². The molecule has 1 saturated heterocycles. The summed E-state index contributed by atoms with van der Waals surface area (Å²) in [4.78, 5) is 11.5. The molecular formula is C21H22F2N6S. The van der Waals surface area contributed by atoms with Crippen molar-refractivity contribution in [3.63, 3.8) is 0 Å². The molecule has 0 unspecified atom stereocenters. The fourth-order valence-corrected chi connectivity index (χ4v) is 5.27. The minimum Gasteiger partial charge on any atom is -0.305 e. The maximum atomic E-state index is 13.5. The first-order valence-corrected chi connectivity index (χ1v) is 11.0. The molecule has 1 aliphatic heterocycles. The van der Waals surface area contributed by atoms with Crippen LogP contribution in [-0.4, -0.2) is 55.0 Å². The van der Waals surface area contributed by atoms with Gasteiger partial charge in [-0.25, -0.2) is 18.7 Å². The molecule has 156 valence electrons. The molecule has 2 aromatic heterocycles. The second kappa shape index (κ2) is 7.70. The molecule has 0 bridgehead atoms. The zero-order valence-electron chi connectivity index (χ0n) is 16.6. The third-order valence-electron chi connectivity index (χ3n) is 6.09. The first kappa shape index (κ1) is 19.6. The quantitative estimate of drug-likeness (QED) is 0.425. The Hall–Kier alpha value is -2.39. The van der Waals surface area contributed by atoms with Crippen LogP contribution >= 0.6 is 11.8 Å². The third-order valence-corrected chi connectivity index (χ3v) is 7.20. The molecule has 2 fully saturated rings. The van der Waals surface area contributed by atoms with E-state index in [4.69, 9.17) is 0 Å². The van der Waals surface area contributed by atoms with Gasteiger partial charge in [-0.2, -0.15) is 0 Å². The molecule has 3 aromatic rings. The lowest BCUT2D eigenvalue weighted by Gasteiger charge is -2.19. The lowest BCUT2D eigenvalue weighted by molar-refractivity contribution is 0.297. The van der Waals surface area contributed by atoms with E-state index in [1.165, 1.54) is 12.5 Å². The summed E-state index contributed by atoms with van der Waals surface area (Å²) in [6.45, 7) is 3.19. The lowest BCUT2D eigenvalue weighted by Crippen LogP contribution is -2.28. The standard InChI is InChI=1S/C21H22F2N6S/c1-28-18(14-4-5-16(22)17(23)10-14)26-27-20(28)30-9-3-8-29-12-15-11-21(15,13-29)19-24-6-2-7-25-19/h2,4-7,10,15H,3,8-9,11-13H2,1H3/t15-,21-/m0/s1. The van der Waals surface area contributed by atoms with Crippen molar-refractivity contribution >= 4 is 11.8 Å². The Bertz CT molecular complexity index is 1060. The average molecular weight is 429 g/mol. The van der Waals surface area contributed by atoms with E-state index in [9.17, 15) is 8.78 Å². The van der Waals surface area contributed by atoms with Gasteiger partial charge in [0.25, 0.3) is 0 Å². The van der Waals surface area contributed by atoms with Gasteiger partial charge >= 0.3 is 0 Å². The topological polar surface area (TPSA) is 59.7 Å². The van der Waals surface area contributed by atoms with Gasteiger partial charge in [0.05, 0.1) is 0 Å². The van der Waals surface area contributed by atoms with E-state index >= 15 is 0 Å². The lowest BCUT2D eigenvalue weighted by atomic mass is 10.1. The van der Waals surface area contributed by atoms with Crippen LogP contribution < -0.4 is 0 Å². The molecule has 0 amide bonds. The molecule has 1 aliphatic carbocycles. The van der Waals surface area contributed by atoms with Crippen LogP contribution in [0, 0.1) is 17.6 Å².